The van der Waals surface area contributed by atoms with Crippen molar-refractivity contribution in [2.75, 3.05) is 6.54 Å². The molecule has 0 spiro atoms. The highest BCUT2D eigenvalue weighted by Gasteiger charge is 2.33. The molecule has 0 unspecified atom stereocenters. The molecule has 0 atom stereocenters. The Labute approximate surface area is 101 Å². The highest BCUT2D eigenvalue weighted by molar-refractivity contribution is 6.14. The lowest BCUT2D eigenvalue weighted by molar-refractivity contribution is -0.126. The van der Waals surface area contributed by atoms with Crippen molar-refractivity contribution in [1.29, 1.82) is 0 Å². The van der Waals surface area contributed by atoms with Gasteiger partial charge in [-0.2, -0.15) is 13.2 Å². The van der Waals surface area contributed by atoms with Crippen molar-refractivity contribution in [3.8, 4) is 0 Å². The molecule has 96 valence electrons. The van der Waals surface area contributed by atoms with Gasteiger partial charge in [-0.1, -0.05) is 0 Å². The van der Waals surface area contributed by atoms with E-state index in [0.717, 1.165) is 0 Å². The van der Waals surface area contributed by atoms with Crippen LogP contribution in [0.1, 0.15) is 12.0 Å². The Balaban J connectivity index is 2.31. The van der Waals surface area contributed by atoms with Gasteiger partial charge in [0.15, 0.2) is 0 Å². The number of nitrogens with two attached hydrogens (primary N) is 1. The molecular weight excluding hydrogens is 248 g/mol. The zero-order valence-corrected chi connectivity index (χ0v) is 9.26. The zero-order valence-electron chi connectivity index (χ0n) is 9.26. The summed E-state index contributed by atoms with van der Waals surface area (Å²) >= 11 is 0. The van der Waals surface area contributed by atoms with Crippen LogP contribution in [0.25, 0.3) is 0 Å². The van der Waals surface area contributed by atoms with E-state index in [2.05, 4.69) is 4.99 Å². The van der Waals surface area contributed by atoms with E-state index in [4.69, 9.17) is 5.73 Å². The molecule has 2 nitrogen and oxygen atoms in total. The molecule has 0 fully saturated rings. The van der Waals surface area contributed by atoms with Crippen molar-refractivity contribution < 1.29 is 17.6 Å². The maximum absolute atomic E-state index is 12.8. The van der Waals surface area contributed by atoms with E-state index in [-0.39, 0.29) is 23.5 Å². The van der Waals surface area contributed by atoms with Crippen LogP contribution < -0.4 is 5.73 Å². The Morgan fingerprint density at radius 3 is 2.33 bits per heavy atom. The van der Waals surface area contributed by atoms with Gasteiger partial charge >= 0.3 is 6.18 Å². The van der Waals surface area contributed by atoms with Gasteiger partial charge in [-0.25, -0.2) is 4.39 Å². The Morgan fingerprint density at radius 2 is 1.78 bits per heavy atom. The van der Waals surface area contributed by atoms with E-state index in [1.807, 2.05) is 0 Å². The maximum atomic E-state index is 12.8. The third kappa shape index (κ3) is 2.69. The second-order valence-corrected chi connectivity index (χ2v) is 3.97. The summed E-state index contributed by atoms with van der Waals surface area (Å²) in [6.07, 6.45) is -5.46. The molecule has 6 heteroatoms. The summed E-state index contributed by atoms with van der Waals surface area (Å²) in [6.45, 7) is 0.0537. The lowest BCUT2D eigenvalue weighted by atomic mass is 9.99. The summed E-state index contributed by atoms with van der Waals surface area (Å²) in [6, 6.07) is 5.14. The molecule has 0 bridgehead atoms. The number of allylic oxidation sites excluding steroid dienone is 1. The Bertz CT molecular complexity index is 512. The Morgan fingerprint density at radius 1 is 1.17 bits per heavy atom. The molecule has 18 heavy (non-hydrogen) atoms. The predicted molar refractivity (Wildman–Crippen MR) is 59.7 cm³/mol. The summed E-state index contributed by atoms with van der Waals surface area (Å²) in [7, 11) is 0. The first kappa shape index (κ1) is 12.6. The Hall–Kier alpha value is -1.85. The van der Waals surface area contributed by atoms with Crippen LogP contribution in [0.4, 0.5) is 17.6 Å². The van der Waals surface area contributed by atoms with E-state index in [1.165, 1.54) is 24.3 Å². The summed E-state index contributed by atoms with van der Waals surface area (Å²) in [5.74, 6) is -0.452. The van der Waals surface area contributed by atoms with Crippen molar-refractivity contribution >= 4 is 5.71 Å². The first-order chi connectivity index (χ1) is 8.37. The van der Waals surface area contributed by atoms with Crippen LogP contribution in [0.5, 0.6) is 0 Å². The summed E-state index contributed by atoms with van der Waals surface area (Å²) < 4.78 is 50.0. The van der Waals surface area contributed by atoms with Crippen LogP contribution in [0, 0.1) is 5.82 Å². The minimum absolute atomic E-state index is 0.0193. The van der Waals surface area contributed by atoms with Gasteiger partial charge in [-0.15, -0.1) is 0 Å². The fourth-order valence-corrected chi connectivity index (χ4v) is 1.78. The number of rotatable bonds is 2. The van der Waals surface area contributed by atoms with Crippen LogP contribution in [-0.4, -0.2) is 18.4 Å². The molecule has 0 aromatic heterocycles. The van der Waals surface area contributed by atoms with Crippen LogP contribution in [-0.2, 0) is 0 Å². The zero-order chi connectivity index (χ0) is 13.3. The van der Waals surface area contributed by atoms with Gasteiger partial charge in [-0.3, -0.25) is 4.99 Å². The van der Waals surface area contributed by atoms with Gasteiger partial charge < -0.3 is 5.73 Å². The molecular formula is C12H10F4N2. The van der Waals surface area contributed by atoms with Crippen molar-refractivity contribution in [3.63, 3.8) is 0 Å². The smallest absolute Gasteiger partial charge is 0.393 e. The molecule has 0 aliphatic carbocycles. The van der Waals surface area contributed by atoms with Crippen LogP contribution in [0.2, 0.25) is 0 Å². The number of hydrogen-bond donors (Lipinski definition) is 1. The van der Waals surface area contributed by atoms with Gasteiger partial charge in [0.2, 0.25) is 0 Å². The van der Waals surface area contributed by atoms with E-state index < -0.39 is 18.4 Å². The fourth-order valence-electron chi connectivity index (χ4n) is 1.78. The van der Waals surface area contributed by atoms with Gasteiger partial charge in [-0.05, 0) is 24.3 Å². The van der Waals surface area contributed by atoms with E-state index in [0.29, 0.717) is 5.56 Å². The van der Waals surface area contributed by atoms with E-state index in [9.17, 15) is 17.6 Å². The minimum Gasteiger partial charge on any atom is -0.400 e. The van der Waals surface area contributed by atoms with Gasteiger partial charge in [0.1, 0.15) is 5.82 Å². The molecule has 0 radical (unpaired) electrons. The molecule has 1 aromatic carbocycles. The van der Waals surface area contributed by atoms with Crippen LogP contribution >= 0.6 is 0 Å². The second-order valence-electron chi connectivity index (χ2n) is 3.97. The molecule has 0 saturated carbocycles. The molecule has 2 N–H and O–H groups in total. The molecule has 1 heterocycles. The average Bonchev–Trinajstić information content (AvgIpc) is 2.60. The highest BCUT2D eigenvalue weighted by Crippen LogP contribution is 2.30. The quantitative estimate of drug-likeness (QED) is 0.814. The Kier molecular flexibility index (Phi) is 3.11. The standard InChI is InChI=1S/C12H10F4N2/c13-8-3-1-7(2-4-8)11-9(5-12(14,15)16)10(17)6-18-11/h1-4H,5-6,17H2. The molecule has 2 rings (SSSR count). The van der Waals surface area contributed by atoms with Gasteiger partial charge in [0.05, 0.1) is 18.7 Å². The number of nitrogens with zero attached hydrogens (tertiary/aromatic N) is 1. The lowest BCUT2D eigenvalue weighted by Gasteiger charge is -2.11. The number of alkyl halides is 3. The molecule has 0 saturated heterocycles. The normalized spacial score (nSPS) is 16.1. The summed E-state index contributed by atoms with van der Waals surface area (Å²) in [4.78, 5) is 3.98. The number of halogens is 4. The van der Waals surface area contributed by atoms with Crippen molar-refractivity contribution in [1.82, 2.24) is 0 Å². The largest absolute Gasteiger partial charge is 0.400 e. The molecule has 1 aliphatic rings. The number of hydrogen-bond acceptors (Lipinski definition) is 2. The van der Waals surface area contributed by atoms with Crippen LogP contribution in [0.15, 0.2) is 40.5 Å². The monoisotopic (exact) mass is 258 g/mol. The topological polar surface area (TPSA) is 38.4 Å². The molecule has 1 aromatic rings. The first-order valence-electron chi connectivity index (χ1n) is 5.22. The van der Waals surface area contributed by atoms with Crippen molar-refractivity contribution in [2.24, 2.45) is 10.7 Å². The maximum Gasteiger partial charge on any atom is 0.393 e. The van der Waals surface area contributed by atoms with Gasteiger partial charge in [0.25, 0.3) is 0 Å². The molecule has 1 aliphatic heterocycles. The third-order valence-corrected chi connectivity index (χ3v) is 2.58. The predicted octanol–water partition coefficient (Wildman–Crippen LogP) is 2.79. The second kappa shape index (κ2) is 4.44. The fraction of sp³-hybridized carbons (Fsp3) is 0.250. The van der Waals surface area contributed by atoms with Crippen molar-refractivity contribution in [2.45, 2.75) is 12.6 Å². The van der Waals surface area contributed by atoms with Crippen LogP contribution in [0.3, 0.4) is 0 Å². The van der Waals surface area contributed by atoms with Gasteiger partial charge in [0, 0.05) is 16.8 Å². The number of aliphatic imine (C=N–C) groups is 1. The minimum atomic E-state index is -4.34. The summed E-state index contributed by atoms with van der Waals surface area (Å²) in [5.41, 5.74) is 6.27. The third-order valence-electron chi connectivity index (χ3n) is 2.58. The van der Waals surface area contributed by atoms with Crippen molar-refractivity contribution in [3.05, 3.63) is 46.9 Å². The lowest BCUT2D eigenvalue weighted by Crippen LogP contribution is -2.16. The van der Waals surface area contributed by atoms with E-state index in [1.54, 1.807) is 0 Å². The van der Waals surface area contributed by atoms with E-state index >= 15 is 0 Å². The average molecular weight is 258 g/mol. The molecule has 0 amide bonds. The summed E-state index contributed by atoms with van der Waals surface area (Å²) in [5, 5.41) is 0. The SMILES string of the molecule is NC1=C(CC(F)(F)F)C(c2ccc(F)cc2)=NC1. The first-order valence-corrected chi connectivity index (χ1v) is 5.22. The number of benzene rings is 1. The highest BCUT2D eigenvalue weighted by atomic mass is 19.4.